The summed E-state index contributed by atoms with van der Waals surface area (Å²) in [5.74, 6) is 0.392. The average molecular weight is 430 g/mol. The van der Waals surface area contributed by atoms with Gasteiger partial charge in [0.25, 0.3) is 0 Å². The summed E-state index contributed by atoms with van der Waals surface area (Å²) in [5.41, 5.74) is 2.27. The van der Waals surface area contributed by atoms with Crippen molar-refractivity contribution in [3.63, 3.8) is 0 Å². The molecule has 0 atom stereocenters. The highest BCUT2D eigenvalue weighted by Crippen LogP contribution is 2.21. The number of carbonyl (C=O) groups excluding carboxylic acids is 1. The summed E-state index contributed by atoms with van der Waals surface area (Å²) in [5, 5.41) is 0. The molecule has 0 saturated carbocycles. The summed E-state index contributed by atoms with van der Waals surface area (Å²) in [4.78, 5) is 16.7. The van der Waals surface area contributed by atoms with Crippen LogP contribution in [0.15, 0.2) is 59.5 Å². The molecule has 3 rings (SSSR count). The maximum Gasteiger partial charge on any atom is 0.243 e. The van der Waals surface area contributed by atoms with Gasteiger partial charge in [-0.1, -0.05) is 56.3 Å². The maximum absolute atomic E-state index is 12.9. The molecule has 6 nitrogen and oxygen atoms in total. The Hall–Kier alpha value is -2.22. The Balaban J connectivity index is 1.53. The van der Waals surface area contributed by atoms with Crippen molar-refractivity contribution in [2.45, 2.75) is 31.2 Å². The smallest absolute Gasteiger partial charge is 0.243 e. The predicted octanol–water partition coefficient (Wildman–Crippen LogP) is 2.77. The molecule has 0 spiro atoms. The fourth-order valence-electron chi connectivity index (χ4n) is 3.63. The molecule has 0 aliphatic carbocycles. The predicted molar refractivity (Wildman–Crippen MR) is 119 cm³/mol. The van der Waals surface area contributed by atoms with Crippen LogP contribution in [-0.2, 0) is 21.4 Å². The molecule has 2 aromatic carbocycles. The highest BCUT2D eigenvalue weighted by atomic mass is 32.2. The largest absolute Gasteiger partial charge is 0.339 e. The van der Waals surface area contributed by atoms with E-state index in [-0.39, 0.29) is 5.91 Å². The van der Waals surface area contributed by atoms with Crippen LogP contribution in [0, 0.1) is 0 Å². The SMILES string of the molecule is CC(C)c1ccc(S(=O)(=O)N2CCN(C(=O)CN(C)Cc3ccccc3)CC2)cc1. The molecule has 0 bridgehead atoms. The van der Waals surface area contributed by atoms with Gasteiger partial charge in [-0.2, -0.15) is 4.31 Å². The van der Waals surface area contributed by atoms with Crippen molar-refractivity contribution in [2.24, 2.45) is 0 Å². The number of hydrogen-bond donors (Lipinski definition) is 0. The molecule has 0 radical (unpaired) electrons. The van der Waals surface area contributed by atoms with E-state index < -0.39 is 10.0 Å². The van der Waals surface area contributed by atoms with E-state index in [4.69, 9.17) is 0 Å². The standard InChI is InChI=1S/C23H31N3O3S/c1-19(2)21-9-11-22(12-10-21)30(28,29)26-15-13-25(14-16-26)23(27)18-24(3)17-20-7-5-4-6-8-20/h4-12,19H,13-18H2,1-3H3. The zero-order valence-electron chi connectivity index (χ0n) is 18.0. The van der Waals surface area contributed by atoms with E-state index in [2.05, 4.69) is 13.8 Å². The number of amides is 1. The second kappa shape index (κ2) is 9.73. The molecule has 2 aromatic rings. The first-order valence-electron chi connectivity index (χ1n) is 10.4. The molecule has 1 aliphatic rings. The lowest BCUT2D eigenvalue weighted by Crippen LogP contribution is -2.52. The van der Waals surface area contributed by atoms with Crippen LogP contribution in [0.2, 0.25) is 0 Å². The highest BCUT2D eigenvalue weighted by Gasteiger charge is 2.30. The van der Waals surface area contributed by atoms with Crippen LogP contribution in [0.4, 0.5) is 0 Å². The first kappa shape index (κ1) is 22.5. The van der Waals surface area contributed by atoms with Gasteiger partial charge in [0.2, 0.25) is 15.9 Å². The molecule has 162 valence electrons. The van der Waals surface area contributed by atoms with E-state index in [0.29, 0.717) is 50.1 Å². The third-order valence-electron chi connectivity index (χ3n) is 5.48. The Labute approximate surface area is 180 Å². The second-order valence-corrected chi connectivity index (χ2v) is 10.1. The molecule has 0 aromatic heterocycles. The minimum Gasteiger partial charge on any atom is -0.339 e. The van der Waals surface area contributed by atoms with Crippen LogP contribution in [0.5, 0.6) is 0 Å². The molecule has 1 aliphatic heterocycles. The lowest BCUT2D eigenvalue weighted by molar-refractivity contribution is -0.133. The fraction of sp³-hybridized carbons (Fsp3) is 0.435. The van der Waals surface area contributed by atoms with E-state index >= 15 is 0 Å². The van der Waals surface area contributed by atoms with Gasteiger partial charge < -0.3 is 4.90 Å². The Morgan fingerprint density at radius 2 is 1.57 bits per heavy atom. The summed E-state index contributed by atoms with van der Waals surface area (Å²) in [6.45, 7) is 6.66. The van der Waals surface area contributed by atoms with E-state index in [1.165, 1.54) is 4.31 Å². The van der Waals surface area contributed by atoms with Gasteiger partial charge >= 0.3 is 0 Å². The minimum absolute atomic E-state index is 0.0340. The van der Waals surface area contributed by atoms with Gasteiger partial charge in [0, 0.05) is 32.7 Å². The maximum atomic E-state index is 12.9. The number of rotatable bonds is 7. The molecule has 1 fully saturated rings. The minimum atomic E-state index is -3.53. The first-order valence-corrected chi connectivity index (χ1v) is 11.8. The topological polar surface area (TPSA) is 60.9 Å². The highest BCUT2D eigenvalue weighted by molar-refractivity contribution is 7.89. The van der Waals surface area contributed by atoms with Crippen LogP contribution in [-0.4, -0.2) is 68.2 Å². The number of benzene rings is 2. The van der Waals surface area contributed by atoms with Crippen LogP contribution < -0.4 is 0 Å². The molecule has 30 heavy (non-hydrogen) atoms. The van der Waals surface area contributed by atoms with Gasteiger partial charge in [-0.25, -0.2) is 8.42 Å². The Bertz CT molecular complexity index is 935. The molecule has 7 heteroatoms. The first-order chi connectivity index (χ1) is 14.3. The molecular formula is C23H31N3O3S. The average Bonchev–Trinajstić information content (AvgIpc) is 2.74. The molecule has 0 N–H and O–H groups in total. The molecule has 0 unspecified atom stereocenters. The zero-order chi connectivity index (χ0) is 21.7. The molecule has 1 amide bonds. The monoisotopic (exact) mass is 429 g/mol. The number of hydrogen-bond acceptors (Lipinski definition) is 4. The summed E-state index contributed by atoms with van der Waals surface area (Å²) < 4.78 is 27.4. The number of nitrogens with zero attached hydrogens (tertiary/aromatic N) is 3. The summed E-state index contributed by atoms with van der Waals surface area (Å²) in [6.07, 6.45) is 0. The number of likely N-dealkylation sites (N-methyl/N-ethyl adjacent to an activating group) is 1. The lowest BCUT2D eigenvalue weighted by Gasteiger charge is -2.34. The van der Waals surface area contributed by atoms with Gasteiger partial charge in [-0.05, 0) is 36.2 Å². The Kier molecular flexibility index (Phi) is 7.28. The van der Waals surface area contributed by atoms with Crippen LogP contribution in [0.1, 0.15) is 30.9 Å². The quantitative estimate of drug-likeness (QED) is 0.679. The van der Waals surface area contributed by atoms with Gasteiger partial charge in [-0.15, -0.1) is 0 Å². The Morgan fingerprint density at radius 3 is 2.13 bits per heavy atom. The van der Waals surface area contributed by atoms with Crippen molar-refractivity contribution in [3.05, 3.63) is 65.7 Å². The van der Waals surface area contributed by atoms with E-state index in [1.54, 1.807) is 17.0 Å². The summed E-state index contributed by atoms with van der Waals surface area (Å²) >= 11 is 0. The number of sulfonamides is 1. The van der Waals surface area contributed by atoms with E-state index in [9.17, 15) is 13.2 Å². The van der Waals surface area contributed by atoms with Crippen molar-refractivity contribution < 1.29 is 13.2 Å². The normalized spacial score (nSPS) is 15.7. The molecule has 1 saturated heterocycles. The zero-order valence-corrected chi connectivity index (χ0v) is 18.8. The van der Waals surface area contributed by atoms with E-state index in [0.717, 1.165) is 11.1 Å². The van der Waals surface area contributed by atoms with Gasteiger partial charge in [0.15, 0.2) is 0 Å². The van der Waals surface area contributed by atoms with Gasteiger partial charge in [0.1, 0.15) is 0 Å². The third-order valence-corrected chi connectivity index (χ3v) is 7.39. The second-order valence-electron chi connectivity index (χ2n) is 8.17. The summed E-state index contributed by atoms with van der Waals surface area (Å²) in [7, 11) is -1.61. The van der Waals surface area contributed by atoms with Gasteiger partial charge in [-0.3, -0.25) is 9.69 Å². The van der Waals surface area contributed by atoms with E-state index in [1.807, 2.05) is 54.4 Å². The van der Waals surface area contributed by atoms with Crippen LogP contribution in [0.25, 0.3) is 0 Å². The molecular weight excluding hydrogens is 398 g/mol. The third kappa shape index (κ3) is 5.47. The van der Waals surface area contributed by atoms with Crippen molar-refractivity contribution in [2.75, 3.05) is 39.8 Å². The van der Waals surface area contributed by atoms with Gasteiger partial charge in [0.05, 0.1) is 11.4 Å². The van der Waals surface area contributed by atoms with Crippen LogP contribution in [0.3, 0.4) is 0 Å². The molecule has 1 heterocycles. The van der Waals surface area contributed by atoms with Crippen molar-refractivity contribution in [1.82, 2.24) is 14.1 Å². The fourth-order valence-corrected chi connectivity index (χ4v) is 5.06. The summed E-state index contributed by atoms with van der Waals surface area (Å²) in [6, 6.07) is 17.1. The number of piperazine rings is 1. The van der Waals surface area contributed by atoms with Crippen molar-refractivity contribution in [3.8, 4) is 0 Å². The Morgan fingerprint density at radius 1 is 0.967 bits per heavy atom. The van der Waals surface area contributed by atoms with Crippen molar-refractivity contribution >= 4 is 15.9 Å². The van der Waals surface area contributed by atoms with Crippen LogP contribution >= 0.6 is 0 Å². The lowest BCUT2D eigenvalue weighted by atomic mass is 10.0. The van der Waals surface area contributed by atoms with Crippen molar-refractivity contribution in [1.29, 1.82) is 0 Å². The number of carbonyl (C=O) groups is 1.